The highest BCUT2D eigenvalue weighted by molar-refractivity contribution is 7.08. The summed E-state index contributed by atoms with van der Waals surface area (Å²) in [7, 11) is 0. The Morgan fingerprint density at radius 2 is 1.86 bits per heavy atom. The molecular formula is C18H21NOS. The van der Waals surface area contributed by atoms with Crippen LogP contribution < -0.4 is 0 Å². The average Bonchev–Trinajstić information content (AvgIpc) is 3.01. The number of rotatable bonds is 2. The average molecular weight is 299 g/mol. The van der Waals surface area contributed by atoms with E-state index in [1.54, 1.807) is 11.3 Å². The van der Waals surface area contributed by atoms with Crippen LogP contribution in [0.1, 0.15) is 43.9 Å². The number of ether oxygens (including phenoxy) is 1. The molecule has 0 saturated carbocycles. The van der Waals surface area contributed by atoms with Crippen molar-refractivity contribution in [3.05, 3.63) is 58.3 Å². The van der Waals surface area contributed by atoms with Crippen molar-refractivity contribution in [1.82, 2.24) is 0 Å². The van der Waals surface area contributed by atoms with Gasteiger partial charge in [0.1, 0.15) is 6.10 Å². The van der Waals surface area contributed by atoms with Crippen molar-refractivity contribution in [3.8, 4) is 0 Å². The standard InChI is InChI=1S/C18H21NOS/c1-18(2,3)17-19-11-15(14-9-10-21-12-14)16(20-17)13-7-5-4-6-8-13/h4-10,12,15-16H,11H2,1-3H3. The van der Waals surface area contributed by atoms with E-state index >= 15 is 0 Å². The molecular weight excluding hydrogens is 278 g/mol. The second-order valence-corrected chi connectivity index (χ2v) is 7.29. The second-order valence-electron chi connectivity index (χ2n) is 6.51. The van der Waals surface area contributed by atoms with Gasteiger partial charge < -0.3 is 4.74 Å². The van der Waals surface area contributed by atoms with Crippen LogP contribution in [0.4, 0.5) is 0 Å². The molecule has 2 heterocycles. The third kappa shape index (κ3) is 3.03. The SMILES string of the molecule is CC(C)(C)C1=NCC(c2ccsc2)C(c2ccccc2)O1. The summed E-state index contributed by atoms with van der Waals surface area (Å²) in [5.74, 6) is 1.16. The lowest BCUT2D eigenvalue weighted by Gasteiger charge is -2.35. The molecule has 0 bridgehead atoms. The first-order valence-electron chi connectivity index (χ1n) is 7.34. The number of hydrogen-bond acceptors (Lipinski definition) is 3. The molecule has 1 aromatic carbocycles. The smallest absolute Gasteiger partial charge is 0.189 e. The Kier molecular flexibility index (Phi) is 3.85. The van der Waals surface area contributed by atoms with Gasteiger partial charge in [0, 0.05) is 11.3 Å². The van der Waals surface area contributed by atoms with Gasteiger partial charge in [0.25, 0.3) is 0 Å². The molecule has 2 nitrogen and oxygen atoms in total. The Bertz CT molecular complexity index is 610. The zero-order chi connectivity index (χ0) is 14.9. The fourth-order valence-corrected chi connectivity index (χ4v) is 3.36. The minimum absolute atomic E-state index is 0.0486. The number of hydrogen-bond donors (Lipinski definition) is 0. The first kappa shape index (κ1) is 14.3. The van der Waals surface area contributed by atoms with E-state index in [0.29, 0.717) is 5.92 Å². The highest BCUT2D eigenvalue weighted by atomic mass is 32.1. The quantitative estimate of drug-likeness (QED) is 0.760. The Balaban J connectivity index is 1.97. The van der Waals surface area contributed by atoms with E-state index in [4.69, 9.17) is 9.73 Å². The van der Waals surface area contributed by atoms with E-state index < -0.39 is 0 Å². The molecule has 2 aromatic rings. The van der Waals surface area contributed by atoms with E-state index in [0.717, 1.165) is 12.4 Å². The van der Waals surface area contributed by atoms with Gasteiger partial charge in [-0.1, -0.05) is 51.1 Å². The maximum atomic E-state index is 6.33. The summed E-state index contributed by atoms with van der Waals surface area (Å²) in [5.41, 5.74) is 2.50. The molecule has 0 radical (unpaired) electrons. The summed E-state index contributed by atoms with van der Waals surface area (Å²) in [6.07, 6.45) is 0.0486. The lowest BCUT2D eigenvalue weighted by molar-refractivity contribution is 0.123. The normalized spacial score (nSPS) is 22.5. The molecule has 0 saturated heterocycles. The monoisotopic (exact) mass is 299 g/mol. The maximum absolute atomic E-state index is 6.33. The molecule has 2 unspecified atom stereocenters. The second kappa shape index (κ2) is 5.64. The summed E-state index contributed by atoms with van der Waals surface area (Å²) in [4.78, 5) is 4.71. The van der Waals surface area contributed by atoms with Crippen molar-refractivity contribution in [2.75, 3.05) is 6.54 Å². The fraction of sp³-hybridized carbons (Fsp3) is 0.389. The zero-order valence-corrected chi connectivity index (χ0v) is 13.6. The minimum atomic E-state index is -0.0490. The van der Waals surface area contributed by atoms with Crippen molar-refractivity contribution in [1.29, 1.82) is 0 Å². The largest absolute Gasteiger partial charge is 0.472 e. The van der Waals surface area contributed by atoms with Crippen LogP contribution in [-0.4, -0.2) is 12.4 Å². The van der Waals surface area contributed by atoms with Gasteiger partial charge in [0.2, 0.25) is 0 Å². The Labute approximate surface area is 130 Å². The Morgan fingerprint density at radius 1 is 1.10 bits per heavy atom. The number of aliphatic imine (C=N–C) groups is 1. The molecule has 1 aliphatic heterocycles. The molecule has 0 fully saturated rings. The van der Waals surface area contributed by atoms with Crippen LogP contribution in [-0.2, 0) is 4.74 Å². The van der Waals surface area contributed by atoms with Gasteiger partial charge in [-0.2, -0.15) is 11.3 Å². The Hall–Kier alpha value is -1.61. The highest BCUT2D eigenvalue weighted by Gasteiger charge is 2.35. The van der Waals surface area contributed by atoms with Gasteiger partial charge in [0.05, 0.1) is 6.54 Å². The van der Waals surface area contributed by atoms with Crippen LogP contribution in [0.25, 0.3) is 0 Å². The molecule has 0 aliphatic carbocycles. The van der Waals surface area contributed by atoms with Crippen LogP contribution in [0.2, 0.25) is 0 Å². The number of thiophene rings is 1. The van der Waals surface area contributed by atoms with E-state index in [9.17, 15) is 0 Å². The van der Waals surface area contributed by atoms with Crippen molar-refractivity contribution in [2.24, 2.45) is 10.4 Å². The van der Waals surface area contributed by atoms with Gasteiger partial charge in [-0.15, -0.1) is 0 Å². The molecule has 110 valence electrons. The van der Waals surface area contributed by atoms with Gasteiger partial charge in [-0.25, -0.2) is 0 Å². The lowest BCUT2D eigenvalue weighted by atomic mass is 9.88. The number of nitrogens with zero attached hydrogens (tertiary/aromatic N) is 1. The van der Waals surface area contributed by atoms with Crippen LogP contribution in [0, 0.1) is 5.41 Å². The Morgan fingerprint density at radius 3 is 2.48 bits per heavy atom. The first-order valence-corrected chi connectivity index (χ1v) is 8.28. The third-order valence-electron chi connectivity index (χ3n) is 3.78. The van der Waals surface area contributed by atoms with Gasteiger partial charge in [-0.05, 0) is 28.0 Å². The summed E-state index contributed by atoms with van der Waals surface area (Å²) < 4.78 is 6.33. The van der Waals surface area contributed by atoms with E-state index in [1.165, 1.54) is 11.1 Å². The lowest BCUT2D eigenvalue weighted by Crippen LogP contribution is -2.33. The maximum Gasteiger partial charge on any atom is 0.189 e. The third-order valence-corrected chi connectivity index (χ3v) is 4.48. The molecule has 1 aliphatic rings. The van der Waals surface area contributed by atoms with Crippen LogP contribution in [0.5, 0.6) is 0 Å². The van der Waals surface area contributed by atoms with E-state index in [1.807, 2.05) is 6.07 Å². The molecule has 21 heavy (non-hydrogen) atoms. The predicted molar refractivity (Wildman–Crippen MR) is 89.1 cm³/mol. The van der Waals surface area contributed by atoms with Gasteiger partial charge in [0.15, 0.2) is 5.90 Å². The van der Waals surface area contributed by atoms with Gasteiger partial charge in [-0.3, -0.25) is 4.99 Å². The van der Waals surface area contributed by atoms with Crippen LogP contribution in [0.3, 0.4) is 0 Å². The summed E-state index contributed by atoms with van der Waals surface area (Å²) >= 11 is 1.73. The summed E-state index contributed by atoms with van der Waals surface area (Å²) in [6.45, 7) is 7.25. The molecule has 0 spiro atoms. The molecule has 0 N–H and O–H groups in total. The van der Waals surface area contributed by atoms with Crippen LogP contribution >= 0.6 is 11.3 Å². The number of benzene rings is 1. The van der Waals surface area contributed by atoms with Crippen LogP contribution in [0.15, 0.2) is 52.2 Å². The highest BCUT2D eigenvalue weighted by Crippen LogP contribution is 2.40. The minimum Gasteiger partial charge on any atom is -0.472 e. The van der Waals surface area contributed by atoms with E-state index in [2.05, 4.69) is 61.9 Å². The van der Waals surface area contributed by atoms with Crippen molar-refractivity contribution >= 4 is 17.2 Å². The van der Waals surface area contributed by atoms with E-state index in [-0.39, 0.29) is 11.5 Å². The first-order chi connectivity index (χ1) is 10.1. The summed E-state index contributed by atoms with van der Waals surface area (Å²) in [6, 6.07) is 12.7. The summed E-state index contributed by atoms with van der Waals surface area (Å²) in [5, 5.41) is 4.34. The molecule has 1 aromatic heterocycles. The topological polar surface area (TPSA) is 21.6 Å². The van der Waals surface area contributed by atoms with Crippen molar-refractivity contribution in [2.45, 2.75) is 32.8 Å². The predicted octanol–water partition coefficient (Wildman–Crippen LogP) is 5.05. The molecule has 2 atom stereocenters. The molecule has 0 amide bonds. The van der Waals surface area contributed by atoms with Crippen molar-refractivity contribution in [3.63, 3.8) is 0 Å². The van der Waals surface area contributed by atoms with Crippen molar-refractivity contribution < 1.29 is 4.74 Å². The molecule has 3 rings (SSSR count). The van der Waals surface area contributed by atoms with Gasteiger partial charge >= 0.3 is 0 Å². The fourth-order valence-electron chi connectivity index (χ4n) is 2.64. The zero-order valence-electron chi connectivity index (χ0n) is 12.7. The molecule has 3 heteroatoms.